The van der Waals surface area contributed by atoms with Gasteiger partial charge in [-0.1, -0.05) is 23.2 Å². The maximum absolute atomic E-state index is 14.6. The van der Waals surface area contributed by atoms with E-state index in [9.17, 15) is 14.6 Å². The molecule has 0 aliphatic rings. The van der Waals surface area contributed by atoms with Crippen LogP contribution in [-0.2, 0) is 0 Å². The molecule has 1 heterocycles. The number of halogens is 3. The maximum Gasteiger partial charge on any atom is 0.236 e. The molecule has 0 aliphatic heterocycles. The highest BCUT2D eigenvalue weighted by Gasteiger charge is 2.18. The molecule has 0 bridgehead atoms. The molecule has 30 heavy (non-hydrogen) atoms. The van der Waals surface area contributed by atoms with Crippen LogP contribution in [0.4, 0.5) is 15.1 Å². The molecule has 0 saturated heterocycles. The number of aliphatic hydroxyl groups is 1. The first-order chi connectivity index (χ1) is 14.2. The normalized spacial score (nSPS) is 12.6. The van der Waals surface area contributed by atoms with Gasteiger partial charge in [0.2, 0.25) is 5.88 Å². The standard InChI is InChI=1S/C19H17Cl2FN4O3S/c1-9(27)8-24-17(23)16-18(28)26-30-19(16)25-11-3-5-14(13(22)7-11)29-15-6-10(20)2-4-12(15)21/h2-7,9,25,27H,8H2,1H3,(H2,23,24)(H,26,28). The molecule has 3 aromatic rings. The number of rotatable bonds is 7. The number of hydrogen-bond acceptors (Lipinski definition) is 7. The van der Waals surface area contributed by atoms with Crippen molar-refractivity contribution in [1.29, 1.82) is 0 Å². The van der Waals surface area contributed by atoms with Crippen molar-refractivity contribution in [2.45, 2.75) is 13.0 Å². The third kappa shape index (κ3) is 5.31. The van der Waals surface area contributed by atoms with E-state index in [1.165, 1.54) is 18.2 Å². The third-order valence-corrected chi connectivity index (χ3v) is 5.06. The van der Waals surface area contributed by atoms with Crippen LogP contribution in [0.1, 0.15) is 12.5 Å². The number of nitrogens with two attached hydrogens (primary N) is 1. The first kappa shape index (κ1) is 22.1. The van der Waals surface area contributed by atoms with E-state index in [-0.39, 0.29) is 40.3 Å². The fourth-order valence-electron chi connectivity index (χ4n) is 2.37. The van der Waals surface area contributed by atoms with Crippen molar-refractivity contribution in [3.05, 3.63) is 57.8 Å². The summed E-state index contributed by atoms with van der Waals surface area (Å²) in [6.07, 6.45) is -0.691. The van der Waals surface area contributed by atoms with E-state index in [0.717, 1.165) is 11.5 Å². The Labute approximate surface area is 185 Å². The minimum Gasteiger partial charge on any atom is -0.492 e. The van der Waals surface area contributed by atoms with Gasteiger partial charge in [-0.05, 0) is 42.7 Å². The van der Waals surface area contributed by atoms with Crippen molar-refractivity contribution in [3.8, 4) is 17.4 Å². The van der Waals surface area contributed by atoms with E-state index in [1.54, 1.807) is 25.1 Å². The summed E-state index contributed by atoms with van der Waals surface area (Å²) < 4.78 is 23.9. The molecule has 0 saturated carbocycles. The molecule has 158 valence electrons. The average Bonchev–Trinajstić information content (AvgIpc) is 3.05. The molecule has 0 spiro atoms. The molecule has 0 fully saturated rings. The van der Waals surface area contributed by atoms with Gasteiger partial charge in [0.05, 0.1) is 17.7 Å². The monoisotopic (exact) mass is 470 g/mol. The molecule has 0 aliphatic carbocycles. The van der Waals surface area contributed by atoms with Crippen LogP contribution in [0.2, 0.25) is 10.0 Å². The highest BCUT2D eigenvalue weighted by atomic mass is 35.5. The zero-order chi connectivity index (χ0) is 21.8. The Balaban J connectivity index is 1.82. The number of aromatic nitrogens is 1. The lowest BCUT2D eigenvalue weighted by Crippen LogP contribution is -2.17. The summed E-state index contributed by atoms with van der Waals surface area (Å²) in [5.41, 5.74) is 6.44. The summed E-state index contributed by atoms with van der Waals surface area (Å²) in [6.45, 7) is 1.62. The van der Waals surface area contributed by atoms with Crippen LogP contribution in [0.3, 0.4) is 0 Å². The third-order valence-electron chi connectivity index (χ3n) is 3.76. The lowest BCUT2D eigenvalue weighted by Gasteiger charge is -2.11. The number of nitrogens with zero attached hydrogens (tertiary/aromatic N) is 2. The molecular weight excluding hydrogens is 454 g/mol. The highest BCUT2D eigenvalue weighted by Crippen LogP contribution is 2.36. The predicted molar refractivity (Wildman–Crippen MR) is 117 cm³/mol. The van der Waals surface area contributed by atoms with E-state index < -0.39 is 11.9 Å². The number of aromatic hydroxyl groups is 1. The van der Waals surface area contributed by atoms with Crippen LogP contribution in [0.15, 0.2) is 41.4 Å². The second-order valence-electron chi connectivity index (χ2n) is 6.23. The van der Waals surface area contributed by atoms with Crippen LogP contribution < -0.4 is 15.8 Å². The molecule has 1 aromatic heterocycles. The number of amidine groups is 1. The number of anilines is 2. The minimum atomic E-state index is -0.691. The number of nitrogens with one attached hydrogen (secondary N) is 1. The molecule has 2 aromatic carbocycles. The van der Waals surface area contributed by atoms with Gasteiger partial charge in [-0.3, -0.25) is 4.99 Å². The Morgan fingerprint density at radius 1 is 1.30 bits per heavy atom. The molecule has 5 N–H and O–H groups in total. The van der Waals surface area contributed by atoms with Gasteiger partial charge in [-0.25, -0.2) is 4.39 Å². The van der Waals surface area contributed by atoms with E-state index in [0.29, 0.717) is 15.7 Å². The second-order valence-corrected chi connectivity index (χ2v) is 7.85. The van der Waals surface area contributed by atoms with Gasteiger partial charge in [0.1, 0.15) is 22.1 Å². The molecule has 3 rings (SSSR count). The molecule has 1 atom stereocenters. The van der Waals surface area contributed by atoms with Crippen LogP contribution >= 0.6 is 34.7 Å². The second kappa shape index (κ2) is 9.48. The fraction of sp³-hybridized carbons (Fsp3) is 0.158. The summed E-state index contributed by atoms with van der Waals surface area (Å²) in [6, 6.07) is 8.82. The minimum absolute atomic E-state index is 0.000624. The first-order valence-corrected chi connectivity index (χ1v) is 10.1. The van der Waals surface area contributed by atoms with Crippen molar-refractivity contribution in [1.82, 2.24) is 4.37 Å². The van der Waals surface area contributed by atoms with Gasteiger partial charge in [0, 0.05) is 22.8 Å². The number of aliphatic imine (C=N–C) groups is 1. The first-order valence-electron chi connectivity index (χ1n) is 8.61. The SMILES string of the molecule is CC(O)CN=C(N)c1c(O)nsc1Nc1ccc(Oc2cc(Cl)ccc2Cl)c(F)c1. The zero-order valence-electron chi connectivity index (χ0n) is 15.6. The van der Waals surface area contributed by atoms with Crippen LogP contribution in [0.5, 0.6) is 17.4 Å². The topological polar surface area (TPSA) is 113 Å². The van der Waals surface area contributed by atoms with Crippen molar-refractivity contribution in [2.75, 3.05) is 11.9 Å². The predicted octanol–water partition coefficient (Wildman–Crippen LogP) is 4.92. The van der Waals surface area contributed by atoms with Crippen LogP contribution in [0, 0.1) is 5.82 Å². The Kier molecular flexibility index (Phi) is 6.99. The van der Waals surface area contributed by atoms with E-state index >= 15 is 0 Å². The largest absolute Gasteiger partial charge is 0.492 e. The number of hydrogen-bond donors (Lipinski definition) is 4. The van der Waals surface area contributed by atoms with Crippen molar-refractivity contribution in [2.24, 2.45) is 10.7 Å². The molecule has 7 nitrogen and oxygen atoms in total. The van der Waals surface area contributed by atoms with E-state index in [2.05, 4.69) is 14.7 Å². The smallest absolute Gasteiger partial charge is 0.236 e. The number of aliphatic hydroxyl groups excluding tert-OH is 1. The highest BCUT2D eigenvalue weighted by molar-refractivity contribution is 7.11. The molecule has 1 unspecified atom stereocenters. The maximum atomic E-state index is 14.6. The number of benzene rings is 2. The molecule has 11 heteroatoms. The van der Waals surface area contributed by atoms with Gasteiger partial charge >= 0.3 is 0 Å². The van der Waals surface area contributed by atoms with Crippen molar-refractivity contribution < 1.29 is 19.3 Å². The lowest BCUT2D eigenvalue weighted by molar-refractivity contribution is 0.204. The summed E-state index contributed by atoms with van der Waals surface area (Å²) in [4.78, 5) is 4.02. The Morgan fingerprint density at radius 2 is 2.07 bits per heavy atom. The van der Waals surface area contributed by atoms with Crippen LogP contribution in [0.25, 0.3) is 0 Å². The Hall–Kier alpha value is -2.59. The van der Waals surface area contributed by atoms with Gasteiger partial charge in [0.15, 0.2) is 11.6 Å². The summed E-state index contributed by atoms with van der Waals surface area (Å²) in [7, 11) is 0. The van der Waals surface area contributed by atoms with Gasteiger partial charge in [-0.2, -0.15) is 4.37 Å². The molecular formula is C19H17Cl2FN4O3S. The molecule has 0 amide bonds. The summed E-state index contributed by atoms with van der Waals surface area (Å²) in [5.74, 6) is -0.788. The van der Waals surface area contributed by atoms with Gasteiger partial charge < -0.3 is 26.0 Å². The zero-order valence-corrected chi connectivity index (χ0v) is 17.9. The van der Waals surface area contributed by atoms with E-state index in [4.69, 9.17) is 33.7 Å². The fourth-order valence-corrected chi connectivity index (χ4v) is 3.41. The summed E-state index contributed by atoms with van der Waals surface area (Å²) in [5, 5.41) is 23.3. The van der Waals surface area contributed by atoms with E-state index in [1.807, 2.05) is 0 Å². The number of ether oxygens (including phenoxy) is 1. The van der Waals surface area contributed by atoms with Crippen molar-refractivity contribution in [3.63, 3.8) is 0 Å². The van der Waals surface area contributed by atoms with Crippen LogP contribution in [-0.4, -0.2) is 33.1 Å². The molecule has 0 radical (unpaired) electrons. The lowest BCUT2D eigenvalue weighted by atomic mass is 10.2. The quantitative estimate of drug-likeness (QED) is 0.288. The Morgan fingerprint density at radius 3 is 2.77 bits per heavy atom. The van der Waals surface area contributed by atoms with Gasteiger partial charge in [-0.15, -0.1) is 0 Å². The summed E-state index contributed by atoms with van der Waals surface area (Å²) >= 11 is 12.9. The van der Waals surface area contributed by atoms with Crippen molar-refractivity contribution >= 4 is 51.3 Å². The Bertz CT molecular complexity index is 1090. The van der Waals surface area contributed by atoms with Gasteiger partial charge in [0.25, 0.3) is 0 Å². The average molecular weight is 471 g/mol.